The van der Waals surface area contributed by atoms with Gasteiger partial charge >= 0.3 is 0 Å². The number of nitrogens with one attached hydrogen (secondary N) is 5. The smallest absolute Gasteiger partial charge is 0.238 e. The summed E-state index contributed by atoms with van der Waals surface area (Å²) in [5, 5.41) is 26.6. The first kappa shape index (κ1) is 31.1. The molecule has 12 nitrogen and oxygen atoms in total. The molecule has 12 heteroatoms. The summed E-state index contributed by atoms with van der Waals surface area (Å²) in [5.41, 5.74) is 1.70. The Kier molecular flexibility index (Phi) is 11.9. The number of benzene rings is 1. The second-order valence-corrected chi connectivity index (χ2v) is 11.7. The second kappa shape index (κ2) is 16.5. The molecule has 0 bridgehead atoms. The van der Waals surface area contributed by atoms with Crippen LogP contribution in [0, 0.1) is 0 Å². The van der Waals surface area contributed by atoms with Crippen molar-refractivity contribution in [2.45, 2.75) is 83.5 Å². The minimum Gasteiger partial charge on any atom is -0.355 e. The molecule has 2 aromatic heterocycles. The molecule has 1 atom stereocenters. The highest BCUT2D eigenvalue weighted by Crippen LogP contribution is 2.26. The molecular weight excluding hydrogens is 542 g/mol. The van der Waals surface area contributed by atoms with Crippen molar-refractivity contribution in [2.24, 2.45) is 0 Å². The van der Waals surface area contributed by atoms with Crippen LogP contribution in [0.5, 0.6) is 0 Å². The summed E-state index contributed by atoms with van der Waals surface area (Å²) in [5.74, 6) is 1.41. The lowest BCUT2D eigenvalue weighted by Crippen LogP contribution is -2.57. The zero-order chi connectivity index (χ0) is 29.7. The van der Waals surface area contributed by atoms with Crippen molar-refractivity contribution in [3.63, 3.8) is 0 Å². The Hall–Kier alpha value is -3.35. The fourth-order valence-electron chi connectivity index (χ4n) is 5.89. The Morgan fingerprint density at radius 1 is 1.05 bits per heavy atom. The largest absolute Gasteiger partial charge is 0.355 e. The number of para-hydroxylation sites is 1. The molecular formula is C31H49N11O. The lowest BCUT2D eigenvalue weighted by molar-refractivity contribution is -0.123. The lowest BCUT2D eigenvalue weighted by Gasteiger charge is -2.34. The average Bonchev–Trinajstić information content (AvgIpc) is 3.51. The molecule has 1 aromatic carbocycles. The van der Waals surface area contributed by atoms with Gasteiger partial charge in [0.1, 0.15) is 17.6 Å². The first-order valence-corrected chi connectivity index (χ1v) is 16.3. The molecule has 1 unspecified atom stereocenters. The number of carbonyl (C=O) groups is 1. The van der Waals surface area contributed by atoms with Crippen LogP contribution in [0.3, 0.4) is 0 Å². The summed E-state index contributed by atoms with van der Waals surface area (Å²) in [4.78, 5) is 24.5. The number of anilines is 2. The van der Waals surface area contributed by atoms with Crippen LogP contribution in [-0.2, 0) is 17.9 Å². The molecule has 0 spiro atoms. The number of piperazine rings is 1. The van der Waals surface area contributed by atoms with Crippen LogP contribution in [-0.4, -0.2) is 88.8 Å². The Morgan fingerprint density at radius 3 is 2.79 bits per heavy atom. The summed E-state index contributed by atoms with van der Waals surface area (Å²) in [6.45, 7) is 9.18. The highest BCUT2D eigenvalue weighted by atomic mass is 16.2. The van der Waals surface area contributed by atoms with E-state index in [-0.39, 0.29) is 11.9 Å². The maximum atomic E-state index is 12.6. The Balaban J connectivity index is 1.08. The molecule has 3 heterocycles. The van der Waals surface area contributed by atoms with Crippen LogP contribution < -0.4 is 31.5 Å². The third-order valence-electron chi connectivity index (χ3n) is 8.25. The van der Waals surface area contributed by atoms with Gasteiger partial charge < -0.3 is 31.5 Å². The molecule has 1 aliphatic carbocycles. The van der Waals surface area contributed by atoms with Crippen LogP contribution in [0.2, 0.25) is 0 Å². The van der Waals surface area contributed by atoms with Crippen LogP contribution >= 0.6 is 0 Å². The van der Waals surface area contributed by atoms with Crippen LogP contribution in [0.1, 0.15) is 64.0 Å². The summed E-state index contributed by atoms with van der Waals surface area (Å²) >= 11 is 0. The van der Waals surface area contributed by atoms with E-state index < -0.39 is 0 Å². The number of aryl methyl sites for hydroxylation is 1. The summed E-state index contributed by atoms with van der Waals surface area (Å²) in [6, 6.07) is 8.48. The van der Waals surface area contributed by atoms with Gasteiger partial charge in [-0.3, -0.25) is 9.48 Å². The predicted molar refractivity (Wildman–Crippen MR) is 171 cm³/mol. The van der Waals surface area contributed by atoms with Gasteiger partial charge in [0, 0.05) is 44.2 Å². The molecule has 0 radical (unpaired) electrons. The van der Waals surface area contributed by atoms with E-state index in [1.165, 1.54) is 32.1 Å². The van der Waals surface area contributed by atoms with Crippen molar-refractivity contribution in [1.82, 2.24) is 46.2 Å². The van der Waals surface area contributed by atoms with E-state index in [4.69, 9.17) is 9.97 Å². The van der Waals surface area contributed by atoms with E-state index in [2.05, 4.69) is 48.7 Å². The molecule has 1 aliphatic heterocycles. The molecule has 5 N–H and O–H groups in total. The predicted octanol–water partition coefficient (Wildman–Crippen LogP) is 2.43. The van der Waals surface area contributed by atoms with Gasteiger partial charge in [-0.1, -0.05) is 43.5 Å². The molecule has 1 saturated carbocycles. The first-order valence-electron chi connectivity index (χ1n) is 16.3. The quantitative estimate of drug-likeness (QED) is 0.158. The van der Waals surface area contributed by atoms with E-state index in [9.17, 15) is 4.79 Å². The molecule has 43 heavy (non-hydrogen) atoms. The number of nitrogens with zero attached hydrogens (tertiary/aromatic N) is 6. The topological polar surface area (TPSA) is 137 Å². The van der Waals surface area contributed by atoms with Crippen molar-refractivity contribution in [1.29, 1.82) is 0 Å². The normalized spacial score (nSPS) is 17.8. The second-order valence-electron chi connectivity index (χ2n) is 11.7. The number of rotatable bonds is 16. The van der Waals surface area contributed by atoms with Crippen molar-refractivity contribution in [3.8, 4) is 0 Å². The number of amides is 1. The van der Waals surface area contributed by atoms with E-state index >= 15 is 0 Å². The zero-order valence-electron chi connectivity index (χ0n) is 25.7. The van der Waals surface area contributed by atoms with E-state index in [0.717, 1.165) is 80.4 Å². The highest BCUT2D eigenvalue weighted by molar-refractivity contribution is 5.91. The maximum absolute atomic E-state index is 12.6. The van der Waals surface area contributed by atoms with Crippen LogP contribution in [0.4, 0.5) is 11.8 Å². The van der Waals surface area contributed by atoms with Gasteiger partial charge in [-0.05, 0) is 63.9 Å². The fourth-order valence-corrected chi connectivity index (χ4v) is 5.89. The minimum atomic E-state index is -0.279. The zero-order valence-corrected chi connectivity index (χ0v) is 25.7. The third kappa shape index (κ3) is 9.32. The molecule has 234 valence electrons. The third-order valence-corrected chi connectivity index (χ3v) is 8.25. The molecule has 5 rings (SSSR count). The Bertz CT molecular complexity index is 1280. The van der Waals surface area contributed by atoms with Gasteiger partial charge in [0.15, 0.2) is 0 Å². The highest BCUT2D eigenvalue weighted by Gasteiger charge is 2.27. The lowest BCUT2D eigenvalue weighted by atomic mass is 9.95. The fraction of sp³-hybridized carbons (Fsp3) is 0.645. The SMILES string of the molecule is CCCNC(=O)C1CN(c2nc(NCc3cn(CCCNCCCNC4CCCCC4)nn3)nc3ccccc23)CCN1. The first-order chi connectivity index (χ1) is 21.2. The van der Waals surface area contributed by atoms with Crippen LogP contribution in [0.25, 0.3) is 10.9 Å². The summed E-state index contributed by atoms with van der Waals surface area (Å²) < 4.78 is 1.90. The Morgan fingerprint density at radius 2 is 1.91 bits per heavy atom. The molecule has 1 amide bonds. The van der Waals surface area contributed by atoms with E-state index in [0.29, 0.717) is 32.1 Å². The summed E-state index contributed by atoms with van der Waals surface area (Å²) in [7, 11) is 0. The van der Waals surface area contributed by atoms with Gasteiger partial charge in [0.2, 0.25) is 11.9 Å². The standard InChI is InChI=1S/C31H49N11O/c1-2-14-35-30(43)28-23-41(20-18-34-28)29-26-12-6-7-13-27(26)37-31(38-29)36-21-25-22-42(40-39-25)19-9-16-32-15-8-17-33-24-10-4-3-5-11-24/h6-7,12-13,22,24,28,32-34H,2-5,8-11,14-21,23H2,1H3,(H,35,43)(H,36,37,38). The number of hydrogen-bond donors (Lipinski definition) is 5. The molecule has 2 aliphatic rings. The Labute approximate surface area is 255 Å². The van der Waals surface area contributed by atoms with E-state index in [1.807, 2.05) is 35.1 Å². The van der Waals surface area contributed by atoms with Gasteiger partial charge in [-0.15, -0.1) is 5.10 Å². The van der Waals surface area contributed by atoms with Crippen LogP contribution in [0.15, 0.2) is 30.5 Å². The van der Waals surface area contributed by atoms with E-state index in [1.54, 1.807) is 0 Å². The maximum Gasteiger partial charge on any atom is 0.238 e. The minimum absolute atomic E-state index is 0.0318. The average molecular weight is 592 g/mol. The number of hydrogen-bond acceptors (Lipinski definition) is 10. The van der Waals surface area contributed by atoms with Crippen molar-refractivity contribution >= 4 is 28.6 Å². The number of carbonyl (C=O) groups excluding carboxylic acids is 1. The number of fused-ring (bicyclic) bond motifs is 1. The van der Waals surface area contributed by atoms with Crippen molar-refractivity contribution < 1.29 is 4.79 Å². The molecule has 3 aromatic rings. The number of aromatic nitrogens is 5. The van der Waals surface area contributed by atoms with Crippen molar-refractivity contribution in [3.05, 3.63) is 36.2 Å². The molecule has 2 fully saturated rings. The molecule has 1 saturated heterocycles. The van der Waals surface area contributed by atoms with Gasteiger partial charge in [0.05, 0.1) is 18.3 Å². The monoisotopic (exact) mass is 591 g/mol. The van der Waals surface area contributed by atoms with Gasteiger partial charge in [-0.2, -0.15) is 4.98 Å². The van der Waals surface area contributed by atoms with Crippen molar-refractivity contribution in [2.75, 3.05) is 56.0 Å². The summed E-state index contributed by atoms with van der Waals surface area (Å²) in [6.07, 6.45) is 11.9. The van der Waals surface area contributed by atoms with Gasteiger partial charge in [-0.25, -0.2) is 4.98 Å². The van der Waals surface area contributed by atoms with Gasteiger partial charge in [0.25, 0.3) is 0 Å².